The molecule has 8 heteroatoms. The first kappa shape index (κ1) is 23.0. The summed E-state index contributed by atoms with van der Waals surface area (Å²) in [4.78, 5) is 35.5. The third-order valence-corrected chi connectivity index (χ3v) is 5.40. The van der Waals surface area contributed by atoms with Gasteiger partial charge >= 0.3 is 12.1 Å². The fourth-order valence-corrected chi connectivity index (χ4v) is 3.73. The van der Waals surface area contributed by atoms with Gasteiger partial charge < -0.3 is 25.2 Å². The highest BCUT2D eigenvalue weighted by molar-refractivity contribution is 5.86. The molecule has 3 N–H and O–H groups in total. The Morgan fingerprint density at radius 2 is 1.66 bits per heavy atom. The van der Waals surface area contributed by atoms with E-state index in [9.17, 15) is 14.4 Å². The highest BCUT2D eigenvalue weighted by Gasteiger charge is 2.31. The molecule has 1 aliphatic rings. The van der Waals surface area contributed by atoms with Crippen molar-refractivity contribution in [3.8, 4) is 11.1 Å². The zero-order chi connectivity index (χ0) is 23.1. The van der Waals surface area contributed by atoms with Crippen molar-refractivity contribution in [3.05, 3.63) is 71.8 Å². The standard InChI is InChI=1S/C24H26N2O6/c1-15(31-2)22(23(29)25-13-7-12-21(27)28)26-24(30)32-14-20-18-10-5-3-8-16(18)17-9-4-6-11-19(17)20/h3-12,15,20,22H,13-14H2,1-2H3,(H,25,29)(H,26,30)(H,27,28)/b12-7+. The third-order valence-electron chi connectivity index (χ3n) is 5.40. The maximum atomic E-state index is 12.5. The highest BCUT2D eigenvalue weighted by Crippen LogP contribution is 2.44. The minimum absolute atomic E-state index is 0.00440. The molecule has 0 fully saturated rings. The number of hydrogen-bond acceptors (Lipinski definition) is 5. The van der Waals surface area contributed by atoms with E-state index >= 15 is 0 Å². The van der Waals surface area contributed by atoms with E-state index in [1.165, 1.54) is 13.2 Å². The van der Waals surface area contributed by atoms with Crippen LogP contribution in [0.25, 0.3) is 11.1 Å². The molecule has 8 nitrogen and oxygen atoms in total. The van der Waals surface area contributed by atoms with E-state index in [2.05, 4.69) is 10.6 Å². The summed E-state index contributed by atoms with van der Waals surface area (Å²) in [7, 11) is 1.43. The van der Waals surface area contributed by atoms with Crippen molar-refractivity contribution in [2.75, 3.05) is 20.3 Å². The molecule has 0 heterocycles. The zero-order valence-electron chi connectivity index (χ0n) is 17.9. The first-order valence-electron chi connectivity index (χ1n) is 10.2. The average molecular weight is 438 g/mol. The van der Waals surface area contributed by atoms with E-state index < -0.39 is 30.1 Å². The van der Waals surface area contributed by atoms with E-state index in [1.807, 2.05) is 48.5 Å². The molecule has 0 spiro atoms. The Morgan fingerprint density at radius 3 is 2.22 bits per heavy atom. The summed E-state index contributed by atoms with van der Waals surface area (Å²) in [6, 6.07) is 15.0. The zero-order valence-corrected chi connectivity index (χ0v) is 17.9. The molecular formula is C24H26N2O6. The van der Waals surface area contributed by atoms with Crippen LogP contribution in [0.5, 0.6) is 0 Å². The molecule has 0 aliphatic heterocycles. The van der Waals surface area contributed by atoms with E-state index in [1.54, 1.807) is 6.92 Å². The van der Waals surface area contributed by atoms with Crippen molar-refractivity contribution in [1.82, 2.24) is 10.6 Å². The van der Waals surface area contributed by atoms with E-state index in [4.69, 9.17) is 14.6 Å². The van der Waals surface area contributed by atoms with Crippen LogP contribution in [0, 0.1) is 0 Å². The van der Waals surface area contributed by atoms with Gasteiger partial charge in [-0.2, -0.15) is 0 Å². The molecule has 0 radical (unpaired) electrons. The molecule has 2 aromatic rings. The molecule has 0 saturated heterocycles. The number of aliphatic carboxylic acids is 1. The van der Waals surface area contributed by atoms with Gasteiger partial charge in [-0.1, -0.05) is 54.6 Å². The first-order valence-corrected chi connectivity index (χ1v) is 10.2. The normalized spacial score (nSPS) is 14.3. The summed E-state index contributed by atoms with van der Waals surface area (Å²) in [6.45, 7) is 1.77. The van der Waals surface area contributed by atoms with Crippen molar-refractivity contribution in [2.24, 2.45) is 0 Å². The maximum Gasteiger partial charge on any atom is 0.407 e. The second kappa shape index (κ2) is 10.6. The minimum atomic E-state index is -1.11. The SMILES string of the molecule is COC(C)C(NC(=O)OCC1c2ccccc2-c2ccccc21)C(=O)NC/C=C/C(=O)O. The Hall–Kier alpha value is -3.65. The molecule has 0 saturated carbocycles. The summed E-state index contributed by atoms with van der Waals surface area (Å²) in [5.41, 5.74) is 4.42. The molecule has 0 bridgehead atoms. The number of fused-ring (bicyclic) bond motifs is 3. The van der Waals surface area contributed by atoms with Gasteiger partial charge in [0.15, 0.2) is 0 Å². The Balaban J connectivity index is 1.63. The molecule has 2 aromatic carbocycles. The van der Waals surface area contributed by atoms with Gasteiger partial charge in [0.25, 0.3) is 0 Å². The van der Waals surface area contributed by atoms with Crippen LogP contribution in [0.1, 0.15) is 24.0 Å². The van der Waals surface area contributed by atoms with Crippen LogP contribution in [0.15, 0.2) is 60.7 Å². The molecule has 2 atom stereocenters. The fraction of sp³-hybridized carbons (Fsp3) is 0.292. The van der Waals surface area contributed by atoms with Crippen LogP contribution in [0.2, 0.25) is 0 Å². The van der Waals surface area contributed by atoms with Gasteiger partial charge in [-0.25, -0.2) is 9.59 Å². The topological polar surface area (TPSA) is 114 Å². The monoisotopic (exact) mass is 438 g/mol. The molecule has 168 valence electrons. The van der Waals surface area contributed by atoms with Crippen molar-refractivity contribution in [1.29, 1.82) is 0 Å². The molecule has 2 unspecified atom stereocenters. The summed E-state index contributed by atoms with van der Waals surface area (Å²) < 4.78 is 10.7. The summed E-state index contributed by atoms with van der Waals surface area (Å²) in [6.07, 6.45) is 0.853. The number of alkyl carbamates (subject to hydrolysis) is 1. The number of nitrogens with one attached hydrogen (secondary N) is 2. The summed E-state index contributed by atoms with van der Waals surface area (Å²) in [5, 5.41) is 13.7. The predicted molar refractivity (Wildman–Crippen MR) is 118 cm³/mol. The largest absolute Gasteiger partial charge is 0.478 e. The Kier molecular flexibility index (Phi) is 7.62. The number of methoxy groups -OCH3 is 1. The Bertz CT molecular complexity index is 974. The number of carboxylic acids is 1. The van der Waals surface area contributed by atoms with Crippen LogP contribution in [0.4, 0.5) is 4.79 Å². The van der Waals surface area contributed by atoms with Gasteiger partial charge in [0.1, 0.15) is 12.6 Å². The molecular weight excluding hydrogens is 412 g/mol. The second-order valence-electron chi connectivity index (χ2n) is 7.37. The summed E-state index contributed by atoms with van der Waals surface area (Å²) in [5.74, 6) is -1.72. The summed E-state index contributed by atoms with van der Waals surface area (Å²) >= 11 is 0. The molecule has 0 aromatic heterocycles. The number of hydrogen-bond donors (Lipinski definition) is 3. The van der Waals surface area contributed by atoms with E-state index in [0.29, 0.717) is 0 Å². The fourth-order valence-electron chi connectivity index (χ4n) is 3.73. The van der Waals surface area contributed by atoms with Gasteiger partial charge in [0.2, 0.25) is 5.91 Å². The minimum Gasteiger partial charge on any atom is -0.478 e. The van der Waals surface area contributed by atoms with Crippen LogP contribution < -0.4 is 10.6 Å². The number of carboxylic acid groups (broad SMARTS) is 1. The predicted octanol–water partition coefficient (Wildman–Crippen LogP) is 2.69. The van der Waals surface area contributed by atoms with E-state index in [-0.39, 0.29) is 19.1 Å². The van der Waals surface area contributed by atoms with Gasteiger partial charge in [-0.05, 0) is 29.2 Å². The molecule has 32 heavy (non-hydrogen) atoms. The molecule has 1 aliphatic carbocycles. The maximum absolute atomic E-state index is 12.5. The number of carbonyl (C=O) groups is 3. The molecule has 2 amide bonds. The van der Waals surface area contributed by atoms with Gasteiger partial charge in [-0.15, -0.1) is 0 Å². The van der Waals surface area contributed by atoms with Crippen LogP contribution in [-0.2, 0) is 19.1 Å². The average Bonchev–Trinajstić information content (AvgIpc) is 3.12. The lowest BCUT2D eigenvalue weighted by Crippen LogP contribution is -2.53. The van der Waals surface area contributed by atoms with Crippen molar-refractivity contribution < 1.29 is 29.0 Å². The van der Waals surface area contributed by atoms with Crippen molar-refractivity contribution in [2.45, 2.75) is 25.0 Å². The van der Waals surface area contributed by atoms with Crippen molar-refractivity contribution in [3.63, 3.8) is 0 Å². The lowest BCUT2D eigenvalue weighted by molar-refractivity contribution is -0.131. The number of carbonyl (C=O) groups excluding carboxylic acids is 2. The third kappa shape index (κ3) is 5.33. The number of amides is 2. The number of benzene rings is 2. The van der Waals surface area contributed by atoms with Crippen LogP contribution >= 0.6 is 0 Å². The lowest BCUT2D eigenvalue weighted by Gasteiger charge is -2.23. The smallest absolute Gasteiger partial charge is 0.407 e. The van der Waals surface area contributed by atoms with Crippen molar-refractivity contribution >= 4 is 18.0 Å². The molecule has 3 rings (SSSR count). The lowest BCUT2D eigenvalue weighted by atomic mass is 9.98. The number of rotatable bonds is 9. The van der Waals surface area contributed by atoms with E-state index in [0.717, 1.165) is 28.3 Å². The van der Waals surface area contributed by atoms with Crippen LogP contribution in [0.3, 0.4) is 0 Å². The van der Waals surface area contributed by atoms with Crippen LogP contribution in [-0.4, -0.2) is 55.5 Å². The van der Waals surface area contributed by atoms with Gasteiger partial charge in [-0.3, -0.25) is 4.79 Å². The van der Waals surface area contributed by atoms with Gasteiger partial charge in [0, 0.05) is 25.6 Å². The number of ether oxygens (including phenoxy) is 2. The first-order chi connectivity index (χ1) is 15.4. The highest BCUT2D eigenvalue weighted by atomic mass is 16.5. The Morgan fingerprint density at radius 1 is 1.06 bits per heavy atom. The Labute approximate surface area is 186 Å². The van der Waals surface area contributed by atoms with Gasteiger partial charge in [0.05, 0.1) is 6.10 Å². The quantitative estimate of drug-likeness (QED) is 0.519. The second-order valence-corrected chi connectivity index (χ2v) is 7.37.